The van der Waals surface area contributed by atoms with Crippen molar-refractivity contribution in [1.29, 1.82) is 5.26 Å². The molecule has 174 valence electrons. The lowest BCUT2D eigenvalue weighted by Gasteiger charge is -2.18. The molecule has 0 bridgehead atoms. The first-order valence-electron chi connectivity index (χ1n) is 11.5. The number of anilines is 3. The van der Waals surface area contributed by atoms with Crippen LogP contribution < -0.4 is 19.9 Å². The van der Waals surface area contributed by atoms with Crippen LogP contribution >= 0.6 is 0 Å². The predicted molar refractivity (Wildman–Crippen MR) is 135 cm³/mol. The molecular weight excluding hydrogens is 440 g/mol. The smallest absolute Gasteiger partial charge is 0.282 e. The van der Waals surface area contributed by atoms with E-state index in [4.69, 9.17) is 10.00 Å². The number of hydrogen-bond acceptors (Lipinski definition) is 6. The van der Waals surface area contributed by atoms with Crippen LogP contribution in [-0.4, -0.2) is 32.0 Å². The monoisotopic (exact) mass is 464 g/mol. The second kappa shape index (κ2) is 9.35. The summed E-state index contributed by atoms with van der Waals surface area (Å²) in [5.74, 6) is -0.432. The maximum atomic E-state index is 13.6. The highest BCUT2D eigenvalue weighted by atomic mass is 16.5. The fourth-order valence-electron chi connectivity index (χ4n) is 4.54. The molecule has 0 aromatic heterocycles. The van der Waals surface area contributed by atoms with Gasteiger partial charge in [0.2, 0.25) is 0 Å². The molecule has 3 aromatic carbocycles. The number of nitriles is 1. The number of imide groups is 1. The minimum atomic E-state index is -0.468. The Bertz CT molecular complexity index is 1350. The highest BCUT2D eigenvalue weighted by Gasteiger charge is 2.41. The Morgan fingerprint density at radius 2 is 1.51 bits per heavy atom. The molecule has 2 aliphatic heterocycles. The van der Waals surface area contributed by atoms with Crippen molar-refractivity contribution < 1.29 is 14.3 Å². The zero-order valence-electron chi connectivity index (χ0n) is 19.3. The number of rotatable bonds is 6. The maximum absolute atomic E-state index is 13.6. The molecule has 0 saturated carbocycles. The molecular formula is C28H24N4O3. The number of methoxy groups -OCH3 is 1. The van der Waals surface area contributed by atoms with E-state index >= 15 is 0 Å². The van der Waals surface area contributed by atoms with Gasteiger partial charge in [-0.25, -0.2) is 4.90 Å². The largest absolute Gasteiger partial charge is 0.496 e. The Morgan fingerprint density at radius 1 is 0.857 bits per heavy atom. The van der Waals surface area contributed by atoms with E-state index < -0.39 is 11.8 Å². The van der Waals surface area contributed by atoms with Gasteiger partial charge in [0.25, 0.3) is 11.8 Å². The third-order valence-electron chi connectivity index (χ3n) is 6.32. The van der Waals surface area contributed by atoms with Gasteiger partial charge in [-0.2, -0.15) is 5.26 Å². The summed E-state index contributed by atoms with van der Waals surface area (Å²) in [6.45, 7) is 2.09. The fraction of sp³-hybridized carbons (Fsp3) is 0.179. The lowest BCUT2D eigenvalue weighted by molar-refractivity contribution is -0.120. The highest BCUT2D eigenvalue weighted by Crippen LogP contribution is 2.37. The van der Waals surface area contributed by atoms with E-state index in [1.54, 1.807) is 42.5 Å². The molecule has 0 radical (unpaired) electrons. The topological polar surface area (TPSA) is 85.7 Å². The van der Waals surface area contributed by atoms with Gasteiger partial charge in [-0.1, -0.05) is 18.2 Å². The fourth-order valence-corrected chi connectivity index (χ4v) is 4.54. The third-order valence-corrected chi connectivity index (χ3v) is 6.32. The SMILES string of the molecule is COc1ccccc1C1=C(Nc2ccc(N3CCCC3)cc2)C(=O)N(c2ccc(C#N)cc2)C1=O. The maximum Gasteiger partial charge on any atom is 0.282 e. The number of hydrogen-bond donors (Lipinski definition) is 1. The number of nitrogens with zero attached hydrogens (tertiary/aromatic N) is 3. The van der Waals surface area contributed by atoms with Crippen LogP contribution in [0.25, 0.3) is 5.57 Å². The number of carbonyl (C=O) groups is 2. The van der Waals surface area contributed by atoms with Crippen molar-refractivity contribution in [1.82, 2.24) is 0 Å². The van der Waals surface area contributed by atoms with E-state index in [0.29, 0.717) is 28.3 Å². The highest BCUT2D eigenvalue weighted by molar-refractivity contribution is 6.46. The van der Waals surface area contributed by atoms with Crippen LogP contribution in [0, 0.1) is 11.3 Å². The number of amides is 2. The number of para-hydroxylation sites is 1. The molecule has 1 fully saturated rings. The first-order valence-corrected chi connectivity index (χ1v) is 11.5. The molecule has 2 amide bonds. The lowest BCUT2D eigenvalue weighted by atomic mass is 10.0. The Kier molecular flexibility index (Phi) is 5.94. The van der Waals surface area contributed by atoms with Gasteiger partial charge in [0.15, 0.2) is 0 Å². The van der Waals surface area contributed by atoms with Crippen molar-refractivity contribution in [2.24, 2.45) is 0 Å². The molecule has 35 heavy (non-hydrogen) atoms. The van der Waals surface area contributed by atoms with Gasteiger partial charge in [0, 0.05) is 30.0 Å². The first-order chi connectivity index (χ1) is 17.1. The molecule has 7 heteroatoms. The minimum Gasteiger partial charge on any atom is -0.496 e. The van der Waals surface area contributed by atoms with Crippen LogP contribution in [0.5, 0.6) is 5.75 Å². The number of ether oxygens (including phenoxy) is 1. The van der Waals surface area contributed by atoms with Gasteiger partial charge >= 0.3 is 0 Å². The number of benzene rings is 3. The zero-order chi connectivity index (χ0) is 24.4. The Balaban J connectivity index is 1.54. The lowest BCUT2D eigenvalue weighted by Crippen LogP contribution is -2.32. The summed E-state index contributed by atoms with van der Waals surface area (Å²) in [6.07, 6.45) is 2.38. The first kappa shape index (κ1) is 22.2. The van der Waals surface area contributed by atoms with Crippen molar-refractivity contribution >= 4 is 34.4 Å². The molecule has 1 saturated heterocycles. The summed E-state index contributed by atoms with van der Waals surface area (Å²) in [5, 5.41) is 12.3. The molecule has 1 N–H and O–H groups in total. The summed E-state index contributed by atoms with van der Waals surface area (Å²) in [6, 6.07) is 23.4. The van der Waals surface area contributed by atoms with Crippen LogP contribution in [0.4, 0.5) is 17.1 Å². The van der Waals surface area contributed by atoms with Crippen LogP contribution in [0.1, 0.15) is 24.0 Å². The molecule has 3 aromatic rings. The summed E-state index contributed by atoms with van der Waals surface area (Å²) in [4.78, 5) is 30.7. The summed E-state index contributed by atoms with van der Waals surface area (Å²) >= 11 is 0. The van der Waals surface area contributed by atoms with Crippen LogP contribution in [0.15, 0.2) is 78.5 Å². The van der Waals surface area contributed by atoms with E-state index in [-0.39, 0.29) is 11.3 Å². The van der Waals surface area contributed by atoms with E-state index in [0.717, 1.165) is 23.7 Å². The summed E-state index contributed by atoms with van der Waals surface area (Å²) in [7, 11) is 1.53. The number of nitrogens with one attached hydrogen (secondary N) is 1. The standard InChI is InChI=1S/C28H24N4O3/c1-35-24-7-3-2-6-23(24)25-26(30-20-10-14-21(15-11-20)31-16-4-5-17-31)28(34)32(27(25)33)22-12-8-19(18-29)9-13-22/h2-3,6-15,30H,4-5,16-17H2,1H3. The van der Waals surface area contributed by atoms with E-state index in [1.165, 1.54) is 20.0 Å². The third kappa shape index (κ3) is 4.11. The van der Waals surface area contributed by atoms with E-state index in [2.05, 4.69) is 16.3 Å². The van der Waals surface area contributed by atoms with Gasteiger partial charge in [0.1, 0.15) is 11.4 Å². The molecule has 7 nitrogen and oxygen atoms in total. The summed E-state index contributed by atoms with van der Waals surface area (Å²) < 4.78 is 5.50. The average Bonchev–Trinajstić information content (AvgIpc) is 3.52. The van der Waals surface area contributed by atoms with Crippen LogP contribution in [0.3, 0.4) is 0 Å². The Labute approximate surface area is 203 Å². The minimum absolute atomic E-state index is 0.179. The van der Waals surface area contributed by atoms with Crippen LogP contribution in [-0.2, 0) is 9.59 Å². The average molecular weight is 465 g/mol. The van der Waals surface area contributed by atoms with E-state index in [1.807, 2.05) is 30.3 Å². The molecule has 0 unspecified atom stereocenters. The Morgan fingerprint density at radius 3 is 2.17 bits per heavy atom. The molecule has 2 heterocycles. The van der Waals surface area contributed by atoms with Crippen molar-refractivity contribution in [3.8, 4) is 11.8 Å². The van der Waals surface area contributed by atoms with E-state index in [9.17, 15) is 9.59 Å². The molecule has 0 atom stereocenters. The van der Waals surface area contributed by atoms with Gasteiger partial charge in [-0.05, 0) is 67.4 Å². The predicted octanol–water partition coefficient (Wildman–Crippen LogP) is 4.56. The normalized spacial score (nSPS) is 15.5. The van der Waals surface area contributed by atoms with Crippen molar-refractivity contribution in [2.45, 2.75) is 12.8 Å². The second-order valence-electron chi connectivity index (χ2n) is 8.42. The molecule has 0 spiro atoms. The number of carbonyl (C=O) groups excluding carboxylic acids is 2. The van der Waals surface area contributed by atoms with Crippen LogP contribution in [0.2, 0.25) is 0 Å². The van der Waals surface area contributed by atoms with Crippen molar-refractivity contribution in [2.75, 3.05) is 35.3 Å². The molecule has 5 rings (SSSR count). The van der Waals surface area contributed by atoms with Gasteiger partial charge in [-0.15, -0.1) is 0 Å². The second-order valence-corrected chi connectivity index (χ2v) is 8.42. The molecule has 0 aliphatic carbocycles. The van der Waals surface area contributed by atoms with Gasteiger partial charge < -0.3 is 15.0 Å². The quantitative estimate of drug-likeness (QED) is 0.538. The van der Waals surface area contributed by atoms with Gasteiger partial charge in [0.05, 0.1) is 30.0 Å². The molecule has 2 aliphatic rings. The van der Waals surface area contributed by atoms with Crippen molar-refractivity contribution in [3.63, 3.8) is 0 Å². The Hall–Kier alpha value is -4.57. The van der Waals surface area contributed by atoms with Gasteiger partial charge in [-0.3, -0.25) is 9.59 Å². The summed E-state index contributed by atoms with van der Waals surface area (Å²) in [5.41, 5.74) is 3.63. The van der Waals surface area contributed by atoms with Crippen molar-refractivity contribution in [3.05, 3.63) is 89.6 Å². The zero-order valence-corrected chi connectivity index (χ0v) is 19.3.